The van der Waals surface area contributed by atoms with E-state index in [4.69, 9.17) is 4.74 Å². The van der Waals surface area contributed by atoms with E-state index in [1.165, 1.54) is 0 Å². The first-order chi connectivity index (χ1) is 8.45. The van der Waals surface area contributed by atoms with Gasteiger partial charge in [-0.1, -0.05) is 0 Å². The van der Waals surface area contributed by atoms with E-state index in [0.717, 1.165) is 31.1 Å². The van der Waals surface area contributed by atoms with Crippen LogP contribution < -0.4 is 5.32 Å². The van der Waals surface area contributed by atoms with Gasteiger partial charge in [0, 0.05) is 19.3 Å². The molecule has 5 nitrogen and oxygen atoms in total. The molecule has 17 heavy (non-hydrogen) atoms. The van der Waals surface area contributed by atoms with E-state index in [1.807, 2.05) is 29.1 Å². The number of nitrogens with zero attached hydrogens (tertiary/aromatic N) is 3. The number of imidazole rings is 1. The van der Waals surface area contributed by atoms with Gasteiger partial charge >= 0.3 is 0 Å². The van der Waals surface area contributed by atoms with Gasteiger partial charge in [0.05, 0.1) is 36.7 Å². The highest BCUT2D eigenvalue weighted by atomic mass is 16.5. The Morgan fingerprint density at radius 1 is 1.35 bits per heavy atom. The Morgan fingerprint density at radius 2 is 2.35 bits per heavy atom. The first-order valence-corrected chi connectivity index (χ1v) is 5.70. The molecule has 0 saturated carbocycles. The minimum atomic E-state index is 0.0615. The maximum Gasteiger partial charge on any atom is 0.112 e. The van der Waals surface area contributed by atoms with Crippen LogP contribution in [0.5, 0.6) is 0 Å². The van der Waals surface area contributed by atoms with Crippen molar-refractivity contribution in [3.05, 3.63) is 42.7 Å². The highest BCUT2D eigenvalue weighted by Gasteiger charge is 2.19. The molecule has 1 saturated heterocycles. The molecule has 0 bridgehead atoms. The summed E-state index contributed by atoms with van der Waals surface area (Å²) in [5.41, 5.74) is 2.07. The van der Waals surface area contributed by atoms with E-state index in [1.54, 1.807) is 12.5 Å². The van der Waals surface area contributed by atoms with Crippen molar-refractivity contribution in [3.8, 4) is 5.69 Å². The Balaban J connectivity index is 1.93. The molecular formula is C12H14N4O. The molecular weight excluding hydrogens is 216 g/mol. The molecule has 0 amide bonds. The molecule has 0 radical (unpaired) electrons. The first kappa shape index (κ1) is 10.4. The second kappa shape index (κ2) is 4.65. The largest absolute Gasteiger partial charge is 0.369 e. The minimum Gasteiger partial charge on any atom is -0.369 e. The summed E-state index contributed by atoms with van der Waals surface area (Å²) < 4.78 is 7.76. The third kappa shape index (κ3) is 2.07. The summed E-state index contributed by atoms with van der Waals surface area (Å²) in [6, 6.07) is 3.92. The molecule has 0 aromatic carbocycles. The molecule has 88 valence electrons. The van der Waals surface area contributed by atoms with Gasteiger partial charge in [0.2, 0.25) is 0 Å². The zero-order valence-corrected chi connectivity index (χ0v) is 9.41. The van der Waals surface area contributed by atoms with E-state index >= 15 is 0 Å². The molecule has 0 spiro atoms. The summed E-state index contributed by atoms with van der Waals surface area (Å²) in [5, 5.41) is 3.32. The maximum atomic E-state index is 5.74. The van der Waals surface area contributed by atoms with Crippen LogP contribution in [0, 0.1) is 0 Å². The average molecular weight is 230 g/mol. The molecule has 3 heterocycles. The van der Waals surface area contributed by atoms with Crippen LogP contribution in [0.3, 0.4) is 0 Å². The van der Waals surface area contributed by atoms with Crippen molar-refractivity contribution in [3.63, 3.8) is 0 Å². The highest BCUT2D eigenvalue weighted by Crippen LogP contribution is 2.21. The van der Waals surface area contributed by atoms with Crippen LogP contribution in [0.1, 0.15) is 11.8 Å². The Morgan fingerprint density at radius 3 is 3.12 bits per heavy atom. The summed E-state index contributed by atoms with van der Waals surface area (Å²) in [7, 11) is 0. The molecule has 1 aliphatic heterocycles. The summed E-state index contributed by atoms with van der Waals surface area (Å²) in [6.45, 7) is 2.48. The van der Waals surface area contributed by atoms with Crippen molar-refractivity contribution >= 4 is 0 Å². The molecule has 1 atom stereocenters. The van der Waals surface area contributed by atoms with Gasteiger partial charge in [-0.2, -0.15) is 0 Å². The lowest BCUT2D eigenvalue weighted by Crippen LogP contribution is -2.34. The van der Waals surface area contributed by atoms with Crippen molar-refractivity contribution in [1.82, 2.24) is 19.9 Å². The average Bonchev–Trinajstić information content (AvgIpc) is 2.90. The van der Waals surface area contributed by atoms with Crippen LogP contribution in [-0.2, 0) is 4.74 Å². The lowest BCUT2D eigenvalue weighted by atomic mass is 10.2. The number of ether oxygens (including phenoxy) is 1. The number of rotatable bonds is 2. The van der Waals surface area contributed by atoms with Gasteiger partial charge < -0.3 is 10.1 Å². The van der Waals surface area contributed by atoms with Crippen molar-refractivity contribution in [2.24, 2.45) is 0 Å². The third-order valence-electron chi connectivity index (χ3n) is 2.85. The molecule has 1 fully saturated rings. The molecule has 2 aromatic heterocycles. The Hall–Kier alpha value is -1.72. The zero-order valence-electron chi connectivity index (χ0n) is 9.41. The summed E-state index contributed by atoms with van der Waals surface area (Å²) in [6.07, 6.45) is 7.29. The lowest BCUT2D eigenvalue weighted by Gasteiger charge is -2.24. The molecule has 1 unspecified atom stereocenters. The number of pyridine rings is 1. The number of aromatic nitrogens is 3. The van der Waals surface area contributed by atoms with Gasteiger partial charge in [-0.25, -0.2) is 4.98 Å². The molecule has 1 aliphatic rings. The van der Waals surface area contributed by atoms with Crippen molar-refractivity contribution in [2.75, 3.05) is 19.7 Å². The summed E-state index contributed by atoms with van der Waals surface area (Å²) in [5.74, 6) is 0. The van der Waals surface area contributed by atoms with E-state index < -0.39 is 0 Å². The van der Waals surface area contributed by atoms with Gasteiger partial charge in [-0.05, 0) is 12.1 Å². The normalized spacial score (nSPS) is 20.4. The molecule has 5 heteroatoms. The Labute approximate surface area is 99.5 Å². The van der Waals surface area contributed by atoms with Gasteiger partial charge in [0.15, 0.2) is 0 Å². The van der Waals surface area contributed by atoms with Gasteiger partial charge in [-0.3, -0.25) is 9.55 Å². The predicted octanol–water partition coefficient (Wildman–Crippen LogP) is 0.928. The fourth-order valence-electron chi connectivity index (χ4n) is 2.01. The maximum absolute atomic E-state index is 5.74. The van der Waals surface area contributed by atoms with E-state index in [-0.39, 0.29) is 6.10 Å². The summed E-state index contributed by atoms with van der Waals surface area (Å²) >= 11 is 0. The molecule has 2 aromatic rings. The zero-order chi connectivity index (χ0) is 11.5. The predicted molar refractivity (Wildman–Crippen MR) is 62.9 cm³/mol. The van der Waals surface area contributed by atoms with Crippen LogP contribution in [0.25, 0.3) is 5.69 Å². The van der Waals surface area contributed by atoms with Gasteiger partial charge in [0.25, 0.3) is 0 Å². The quantitative estimate of drug-likeness (QED) is 0.833. The van der Waals surface area contributed by atoms with E-state index in [0.29, 0.717) is 0 Å². The number of hydrogen-bond donors (Lipinski definition) is 1. The molecule has 1 N–H and O–H groups in total. The molecule has 0 aliphatic carbocycles. The second-order valence-corrected chi connectivity index (χ2v) is 3.96. The Bertz CT molecular complexity index is 476. The number of nitrogens with one attached hydrogen (secondary N) is 1. The third-order valence-corrected chi connectivity index (χ3v) is 2.85. The van der Waals surface area contributed by atoms with Crippen molar-refractivity contribution in [2.45, 2.75) is 6.10 Å². The standard InChI is InChI=1S/C12H14N4O/c1-2-10(6-13-3-1)16-9-15-7-11(16)12-8-14-4-5-17-12/h1-3,6-7,9,12,14H,4-5,8H2. The van der Waals surface area contributed by atoms with E-state index in [2.05, 4.69) is 15.3 Å². The van der Waals surface area contributed by atoms with Crippen LogP contribution in [0.2, 0.25) is 0 Å². The monoisotopic (exact) mass is 230 g/mol. The Kier molecular flexibility index (Phi) is 2.85. The topological polar surface area (TPSA) is 52.0 Å². The lowest BCUT2D eigenvalue weighted by molar-refractivity contribution is 0.0240. The molecule has 3 rings (SSSR count). The summed E-state index contributed by atoms with van der Waals surface area (Å²) in [4.78, 5) is 8.32. The SMILES string of the molecule is c1cncc(-n2cncc2C2CNCCO2)c1. The van der Waals surface area contributed by atoms with Gasteiger partial charge in [0.1, 0.15) is 6.10 Å². The van der Waals surface area contributed by atoms with Crippen LogP contribution in [0.4, 0.5) is 0 Å². The smallest absolute Gasteiger partial charge is 0.112 e. The van der Waals surface area contributed by atoms with Crippen LogP contribution in [-0.4, -0.2) is 34.2 Å². The second-order valence-electron chi connectivity index (χ2n) is 3.96. The minimum absolute atomic E-state index is 0.0615. The van der Waals surface area contributed by atoms with Crippen molar-refractivity contribution in [1.29, 1.82) is 0 Å². The first-order valence-electron chi connectivity index (χ1n) is 5.70. The van der Waals surface area contributed by atoms with E-state index in [9.17, 15) is 0 Å². The van der Waals surface area contributed by atoms with Crippen LogP contribution >= 0.6 is 0 Å². The number of hydrogen-bond acceptors (Lipinski definition) is 4. The van der Waals surface area contributed by atoms with Crippen molar-refractivity contribution < 1.29 is 4.74 Å². The number of morpholine rings is 1. The fraction of sp³-hybridized carbons (Fsp3) is 0.333. The van der Waals surface area contributed by atoms with Gasteiger partial charge in [-0.15, -0.1) is 0 Å². The van der Waals surface area contributed by atoms with Crippen LogP contribution in [0.15, 0.2) is 37.1 Å². The fourth-order valence-corrected chi connectivity index (χ4v) is 2.01. The highest BCUT2D eigenvalue weighted by molar-refractivity contribution is 5.31.